The van der Waals surface area contributed by atoms with Gasteiger partial charge in [0.15, 0.2) is 0 Å². The number of para-hydroxylation sites is 1. The maximum absolute atomic E-state index is 7.72. The molecule has 2 rings (SSSR count). The predicted octanol–water partition coefficient (Wildman–Crippen LogP) is 1.89. The van der Waals surface area contributed by atoms with Crippen molar-refractivity contribution in [2.45, 2.75) is 25.8 Å². The molecule has 4 nitrogen and oxygen atoms in total. The fraction of sp³-hybridized carbons (Fsp3) is 0.500. The topological polar surface area (TPSA) is 62.3 Å². The molecular weight excluding hydrogens is 226 g/mol. The SMILES string of the molecule is COCCN(c1c(C)cccc1C(=N)N)C1CC1. The fourth-order valence-electron chi connectivity index (χ4n) is 2.31. The standard InChI is InChI=1S/C14H21N3O/c1-10-4-3-5-12(14(15)16)13(10)17(8-9-18-2)11-6-7-11/h3-5,11H,6-9H2,1-2H3,(H3,15,16). The van der Waals surface area contributed by atoms with Gasteiger partial charge in [-0.3, -0.25) is 5.41 Å². The molecule has 0 spiro atoms. The highest BCUT2D eigenvalue weighted by Crippen LogP contribution is 2.35. The molecule has 4 heteroatoms. The van der Waals surface area contributed by atoms with Gasteiger partial charge in [0.05, 0.1) is 12.3 Å². The minimum absolute atomic E-state index is 0.136. The van der Waals surface area contributed by atoms with Crippen molar-refractivity contribution in [1.29, 1.82) is 5.41 Å². The summed E-state index contributed by atoms with van der Waals surface area (Å²) in [5.74, 6) is 0.136. The van der Waals surface area contributed by atoms with Crippen LogP contribution in [0.15, 0.2) is 18.2 Å². The second kappa shape index (κ2) is 5.40. The van der Waals surface area contributed by atoms with E-state index in [2.05, 4.69) is 17.9 Å². The summed E-state index contributed by atoms with van der Waals surface area (Å²) in [5, 5.41) is 7.72. The van der Waals surface area contributed by atoms with Gasteiger partial charge in [0.2, 0.25) is 0 Å². The molecule has 98 valence electrons. The van der Waals surface area contributed by atoms with Crippen LogP contribution in [0.1, 0.15) is 24.0 Å². The number of hydrogen-bond acceptors (Lipinski definition) is 3. The van der Waals surface area contributed by atoms with Crippen molar-refractivity contribution in [3.8, 4) is 0 Å². The van der Waals surface area contributed by atoms with Crippen LogP contribution in [0.3, 0.4) is 0 Å². The Morgan fingerprint density at radius 3 is 2.78 bits per heavy atom. The maximum Gasteiger partial charge on any atom is 0.124 e. The van der Waals surface area contributed by atoms with E-state index in [4.69, 9.17) is 15.9 Å². The summed E-state index contributed by atoms with van der Waals surface area (Å²) in [6.45, 7) is 3.62. The summed E-state index contributed by atoms with van der Waals surface area (Å²) in [5.41, 5.74) is 8.80. The molecule has 1 fully saturated rings. The third kappa shape index (κ3) is 2.64. The van der Waals surface area contributed by atoms with Crippen LogP contribution in [0.5, 0.6) is 0 Å². The van der Waals surface area contributed by atoms with Crippen molar-refractivity contribution in [3.05, 3.63) is 29.3 Å². The van der Waals surface area contributed by atoms with Gasteiger partial charge in [0.1, 0.15) is 5.84 Å². The van der Waals surface area contributed by atoms with Crippen LogP contribution in [0.4, 0.5) is 5.69 Å². The second-order valence-corrected chi connectivity index (χ2v) is 4.80. The summed E-state index contributed by atoms with van der Waals surface area (Å²) >= 11 is 0. The molecule has 1 saturated carbocycles. The van der Waals surface area contributed by atoms with E-state index in [9.17, 15) is 0 Å². The Bertz CT molecular complexity index is 441. The first-order chi connectivity index (χ1) is 8.65. The number of nitrogen functional groups attached to an aromatic ring is 1. The molecular formula is C14H21N3O. The first-order valence-corrected chi connectivity index (χ1v) is 6.34. The lowest BCUT2D eigenvalue weighted by Gasteiger charge is -2.28. The number of methoxy groups -OCH3 is 1. The lowest BCUT2D eigenvalue weighted by Crippen LogP contribution is -2.32. The van der Waals surface area contributed by atoms with Crippen LogP contribution in [-0.4, -0.2) is 32.1 Å². The Kier molecular flexibility index (Phi) is 3.87. The smallest absolute Gasteiger partial charge is 0.124 e. The van der Waals surface area contributed by atoms with E-state index in [1.807, 2.05) is 12.1 Å². The molecule has 0 aromatic heterocycles. The summed E-state index contributed by atoms with van der Waals surface area (Å²) in [7, 11) is 1.72. The third-order valence-corrected chi connectivity index (χ3v) is 3.34. The third-order valence-electron chi connectivity index (χ3n) is 3.34. The minimum atomic E-state index is 0.136. The Balaban J connectivity index is 2.36. The average Bonchev–Trinajstić information content (AvgIpc) is 3.15. The average molecular weight is 247 g/mol. The molecule has 0 aliphatic heterocycles. The van der Waals surface area contributed by atoms with Gasteiger partial charge < -0.3 is 15.4 Å². The Morgan fingerprint density at radius 2 is 2.22 bits per heavy atom. The summed E-state index contributed by atoms with van der Waals surface area (Å²) < 4.78 is 5.19. The molecule has 0 radical (unpaired) electrons. The molecule has 0 heterocycles. The van der Waals surface area contributed by atoms with Crippen LogP contribution in [0.2, 0.25) is 0 Å². The molecule has 0 unspecified atom stereocenters. The molecule has 1 aromatic rings. The summed E-state index contributed by atoms with van der Waals surface area (Å²) in [4.78, 5) is 2.34. The molecule has 0 saturated heterocycles. The number of ether oxygens (including phenoxy) is 1. The van der Waals surface area contributed by atoms with E-state index in [0.717, 1.165) is 17.8 Å². The van der Waals surface area contributed by atoms with Gasteiger partial charge in [-0.15, -0.1) is 0 Å². The molecule has 3 N–H and O–H groups in total. The highest BCUT2D eigenvalue weighted by molar-refractivity contribution is 6.01. The van der Waals surface area contributed by atoms with Crippen LogP contribution < -0.4 is 10.6 Å². The van der Waals surface area contributed by atoms with E-state index in [1.54, 1.807) is 7.11 Å². The van der Waals surface area contributed by atoms with E-state index >= 15 is 0 Å². The zero-order valence-electron chi connectivity index (χ0n) is 11.1. The second-order valence-electron chi connectivity index (χ2n) is 4.80. The molecule has 0 bridgehead atoms. The Hall–Kier alpha value is -1.55. The highest BCUT2D eigenvalue weighted by Gasteiger charge is 2.31. The summed E-state index contributed by atoms with van der Waals surface area (Å²) in [6, 6.07) is 6.53. The molecule has 1 aliphatic carbocycles. The molecule has 1 aliphatic rings. The van der Waals surface area contributed by atoms with Crippen LogP contribution in [0, 0.1) is 12.3 Å². The number of amidine groups is 1. The Labute approximate surface area is 108 Å². The van der Waals surface area contributed by atoms with Crippen molar-refractivity contribution in [3.63, 3.8) is 0 Å². The van der Waals surface area contributed by atoms with Crippen molar-refractivity contribution < 1.29 is 4.74 Å². The number of nitrogens with one attached hydrogen (secondary N) is 1. The van der Waals surface area contributed by atoms with Gasteiger partial charge in [-0.25, -0.2) is 0 Å². The van der Waals surface area contributed by atoms with Gasteiger partial charge in [-0.05, 0) is 31.4 Å². The van der Waals surface area contributed by atoms with E-state index in [0.29, 0.717) is 12.6 Å². The predicted molar refractivity (Wildman–Crippen MR) is 74.4 cm³/mol. The quantitative estimate of drug-likeness (QED) is 0.596. The van der Waals surface area contributed by atoms with Gasteiger partial charge >= 0.3 is 0 Å². The zero-order chi connectivity index (χ0) is 13.1. The van der Waals surface area contributed by atoms with Gasteiger partial charge in [-0.1, -0.05) is 12.1 Å². The highest BCUT2D eigenvalue weighted by atomic mass is 16.5. The minimum Gasteiger partial charge on any atom is -0.384 e. The maximum atomic E-state index is 7.72. The largest absolute Gasteiger partial charge is 0.384 e. The van der Waals surface area contributed by atoms with E-state index in [-0.39, 0.29) is 5.84 Å². The van der Waals surface area contributed by atoms with Crippen LogP contribution >= 0.6 is 0 Å². The number of benzene rings is 1. The number of anilines is 1. The van der Waals surface area contributed by atoms with Crippen molar-refractivity contribution >= 4 is 11.5 Å². The first-order valence-electron chi connectivity index (χ1n) is 6.34. The van der Waals surface area contributed by atoms with Crippen LogP contribution in [0.25, 0.3) is 0 Å². The Morgan fingerprint density at radius 1 is 1.50 bits per heavy atom. The van der Waals surface area contributed by atoms with Crippen molar-refractivity contribution in [2.24, 2.45) is 5.73 Å². The number of rotatable bonds is 6. The van der Waals surface area contributed by atoms with Gasteiger partial charge in [0, 0.05) is 25.3 Å². The number of aryl methyl sites for hydroxylation is 1. The first kappa shape index (κ1) is 12.9. The monoisotopic (exact) mass is 247 g/mol. The zero-order valence-corrected chi connectivity index (χ0v) is 11.1. The van der Waals surface area contributed by atoms with Gasteiger partial charge in [-0.2, -0.15) is 0 Å². The lowest BCUT2D eigenvalue weighted by atomic mass is 10.1. The molecule has 0 atom stereocenters. The molecule has 1 aromatic carbocycles. The van der Waals surface area contributed by atoms with Crippen molar-refractivity contribution in [1.82, 2.24) is 0 Å². The fourth-order valence-corrected chi connectivity index (χ4v) is 2.31. The molecule has 18 heavy (non-hydrogen) atoms. The van der Waals surface area contributed by atoms with Gasteiger partial charge in [0.25, 0.3) is 0 Å². The normalized spacial score (nSPS) is 14.6. The number of hydrogen-bond donors (Lipinski definition) is 2. The van der Waals surface area contributed by atoms with E-state index < -0.39 is 0 Å². The van der Waals surface area contributed by atoms with Crippen LogP contribution in [-0.2, 0) is 4.74 Å². The van der Waals surface area contributed by atoms with E-state index in [1.165, 1.54) is 18.4 Å². The summed E-state index contributed by atoms with van der Waals surface area (Å²) in [6.07, 6.45) is 2.44. The number of nitrogens with two attached hydrogens (primary N) is 1. The lowest BCUT2D eigenvalue weighted by molar-refractivity contribution is 0.205. The molecule has 0 amide bonds. The van der Waals surface area contributed by atoms with Crippen molar-refractivity contribution in [2.75, 3.05) is 25.2 Å². The number of nitrogens with zero attached hydrogens (tertiary/aromatic N) is 1.